The van der Waals surface area contributed by atoms with Crippen molar-refractivity contribution in [2.45, 2.75) is 45.4 Å². The maximum Gasteiger partial charge on any atom is 0.193 e. The number of aliphatic imine (C=N–C) groups is 1. The van der Waals surface area contributed by atoms with Crippen LogP contribution in [0, 0.1) is 18.8 Å². The molecule has 0 aliphatic carbocycles. The number of imidazole rings is 1. The van der Waals surface area contributed by atoms with Crippen molar-refractivity contribution in [2.24, 2.45) is 16.8 Å². The summed E-state index contributed by atoms with van der Waals surface area (Å²) in [5, 5.41) is 3.47. The topological polar surface area (TPSA) is 54.7 Å². The fourth-order valence-electron chi connectivity index (χ4n) is 4.46. The monoisotopic (exact) mass is 445 g/mol. The van der Waals surface area contributed by atoms with Gasteiger partial charge in [0.15, 0.2) is 5.96 Å². The lowest BCUT2D eigenvalue weighted by atomic mass is 9.82. The molecule has 7 heteroatoms. The summed E-state index contributed by atoms with van der Waals surface area (Å²) in [5.74, 6) is 3.55. The highest BCUT2D eigenvalue weighted by Crippen LogP contribution is 2.47. The molecule has 0 saturated carbocycles. The Bertz CT molecular complexity index is 571. The average molecular weight is 445 g/mol. The average Bonchev–Trinajstić information content (AvgIpc) is 3.29. The summed E-state index contributed by atoms with van der Waals surface area (Å²) >= 11 is 0. The Morgan fingerprint density at radius 1 is 1.33 bits per heavy atom. The van der Waals surface area contributed by atoms with Crippen LogP contribution >= 0.6 is 24.0 Å². The molecule has 3 saturated heterocycles. The van der Waals surface area contributed by atoms with Gasteiger partial charge < -0.3 is 19.5 Å². The van der Waals surface area contributed by atoms with Crippen LogP contribution in [0.4, 0.5) is 0 Å². The molecule has 2 bridgehead atoms. The summed E-state index contributed by atoms with van der Waals surface area (Å²) in [6.07, 6.45) is 7.40. The van der Waals surface area contributed by atoms with E-state index < -0.39 is 0 Å². The molecule has 3 aliphatic heterocycles. The van der Waals surface area contributed by atoms with Gasteiger partial charge in [-0.25, -0.2) is 4.98 Å². The number of aryl methyl sites for hydroxylation is 1. The molecule has 4 atom stereocenters. The zero-order chi connectivity index (χ0) is 15.8. The van der Waals surface area contributed by atoms with E-state index in [0.717, 1.165) is 44.5 Å². The number of nitrogens with one attached hydrogen (secondary N) is 1. The van der Waals surface area contributed by atoms with Crippen molar-refractivity contribution >= 4 is 29.9 Å². The Morgan fingerprint density at radius 2 is 2.04 bits per heavy atom. The third kappa shape index (κ3) is 3.29. The first kappa shape index (κ1) is 18.0. The number of hydrogen-bond donors (Lipinski definition) is 1. The van der Waals surface area contributed by atoms with Crippen LogP contribution in [0.1, 0.15) is 25.6 Å². The Hall–Kier alpha value is -0.830. The number of aromatic nitrogens is 2. The van der Waals surface area contributed by atoms with Crippen LogP contribution in [0.3, 0.4) is 0 Å². The molecule has 4 rings (SSSR count). The van der Waals surface area contributed by atoms with Crippen LogP contribution in [-0.2, 0) is 11.3 Å². The van der Waals surface area contributed by atoms with Gasteiger partial charge in [0.2, 0.25) is 0 Å². The van der Waals surface area contributed by atoms with Crippen molar-refractivity contribution in [2.75, 3.05) is 26.2 Å². The molecule has 3 aliphatic rings. The molecule has 1 aromatic heterocycles. The third-order valence-electron chi connectivity index (χ3n) is 5.61. The minimum Gasteiger partial charge on any atom is -0.374 e. The van der Waals surface area contributed by atoms with Crippen molar-refractivity contribution in [3.63, 3.8) is 0 Å². The number of fused-ring (bicyclic) bond motifs is 5. The largest absolute Gasteiger partial charge is 0.374 e. The van der Waals surface area contributed by atoms with Gasteiger partial charge in [-0.3, -0.25) is 4.99 Å². The van der Waals surface area contributed by atoms with Crippen molar-refractivity contribution < 1.29 is 4.74 Å². The molecule has 1 N–H and O–H groups in total. The van der Waals surface area contributed by atoms with Gasteiger partial charge in [0.1, 0.15) is 5.82 Å². The predicted molar refractivity (Wildman–Crippen MR) is 105 cm³/mol. The zero-order valence-corrected chi connectivity index (χ0v) is 16.8. The Balaban J connectivity index is 0.00000169. The molecule has 0 amide bonds. The van der Waals surface area contributed by atoms with Crippen molar-refractivity contribution in [3.05, 3.63) is 18.2 Å². The molecule has 6 nitrogen and oxygen atoms in total. The number of hydrogen-bond acceptors (Lipinski definition) is 3. The molecule has 134 valence electrons. The molecule has 24 heavy (non-hydrogen) atoms. The lowest BCUT2D eigenvalue weighted by Crippen LogP contribution is -2.41. The van der Waals surface area contributed by atoms with Crippen molar-refractivity contribution in [3.8, 4) is 0 Å². The SMILES string of the molecule is CCNC(=NCCn1ccnc1C)N1CC2C3CCC(O3)C2C1.I. The molecular formula is C17H28IN5O. The van der Waals surface area contributed by atoms with E-state index in [1.165, 1.54) is 12.8 Å². The summed E-state index contributed by atoms with van der Waals surface area (Å²) < 4.78 is 8.23. The summed E-state index contributed by atoms with van der Waals surface area (Å²) in [7, 11) is 0. The normalized spacial score (nSPS) is 31.2. The van der Waals surface area contributed by atoms with Crippen molar-refractivity contribution in [1.82, 2.24) is 19.8 Å². The Kier molecular flexibility index (Phi) is 5.69. The smallest absolute Gasteiger partial charge is 0.193 e. The molecule has 1 aromatic rings. The summed E-state index contributed by atoms with van der Waals surface area (Å²) in [6.45, 7) is 8.96. The number of nitrogens with zero attached hydrogens (tertiary/aromatic N) is 4. The quantitative estimate of drug-likeness (QED) is 0.437. The van der Waals surface area contributed by atoms with E-state index in [4.69, 9.17) is 9.73 Å². The maximum atomic E-state index is 6.07. The standard InChI is InChI=1S/C17H27N5O.HI/c1-3-18-17(20-7-9-21-8-6-19-12(21)2)22-10-13-14(11-22)16-5-4-15(13)23-16;/h6,8,13-16H,3-5,7,9-11H2,1-2H3,(H,18,20);1H. The fourth-order valence-corrected chi connectivity index (χ4v) is 4.46. The number of rotatable bonds is 4. The highest BCUT2D eigenvalue weighted by molar-refractivity contribution is 14.0. The van der Waals surface area contributed by atoms with Crippen LogP contribution in [-0.4, -0.2) is 58.8 Å². The second-order valence-corrected chi connectivity index (χ2v) is 6.93. The molecule has 4 heterocycles. The predicted octanol–water partition coefficient (Wildman–Crippen LogP) is 1.88. The third-order valence-corrected chi connectivity index (χ3v) is 5.61. The first-order chi connectivity index (χ1) is 11.3. The van der Waals surface area contributed by atoms with Crippen LogP contribution in [0.15, 0.2) is 17.4 Å². The van der Waals surface area contributed by atoms with Crippen LogP contribution in [0.2, 0.25) is 0 Å². The van der Waals surface area contributed by atoms with Gasteiger partial charge >= 0.3 is 0 Å². The van der Waals surface area contributed by atoms with Gasteiger partial charge in [-0.15, -0.1) is 24.0 Å². The molecule has 0 aromatic carbocycles. The van der Waals surface area contributed by atoms with Crippen molar-refractivity contribution in [1.29, 1.82) is 0 Å². The molecule has 0 radical (unpaired) electrons. The molecule has 0 spiro atoms. The first-order valence-electron chi connectivity index (χ1n) is 8.92. The van der Waals surface area contributed by atoms with Gasteiger partial charge in [0.25, 0.3) is 0 Å². The van der Waals surface area contributed by atoms with E-state index in [1.54, 1.807) is 0 Å². The minimum atomic E-state index is 0. The van der Waals surface area contributed by atoms with Gasteiger partial charge in [-0.1, -0.05) is 0 Å². The van der Waals surface area contributed by atoms with Gasteiger partial charge in [-0.2, -0.15) is 0 Å². The van der Waals surface area contributed by atoms with E-state index in [0.29, 0.717) is 24.0 Å². The number of likely N-dealkylation sites (tertiary alicyclic amines) is 1. The number of ether oxygens (including phenoxy) is 1. The van der Waals surface area contributed by atoms with E-state index >= 15 is 0 Å². The van der Waals surface area contributed by atoms with E-state index in [2.05, 4.69) is 26.7 Å². The number of guanidine groups is 1. The summed E-state index contributed by atoms with van der Waals surface area (Å²) in [5.41, 5.74) is 0. The van der Waals surface area contributed by atoms with E-state index in [9.17, 15) is 0 Å². The highest BCUT2D eigenvalue weighted by atomic mass is 127. The second kappa shape index (κ2) is 7.59. The minimum absolute atomic E-state index is 0. The molecule has 4 unspecified atom stereocenters. The second-order valence-electron chi connectivity index (χ2n) is 6.93. The zero-order valence-electron chi connectivity index (χ0n) is 14.5. The van der Waals surface area contributed by atoms with Gasteiger partial charge in [0.05, 0.1) is 18.8 Å². The van der Waals surface area contributed by atoms with Gasteiger partial charge in [-0.05, 0) is 26.7 Å². The Labute approximate surface area is 161 Å². The van der Waals surface area contributed by atoms with Crippen LogP contribution < -0.4 is 5.32 Å². The fraction of sp³-hybridized carbons (Fsp3) is 0.765. The van der Waals surface area contributed by atoms with E-state index in [1.807, 2.05) is 19.3 Å². The first-order valence-corrected chi connectivity index (χ1v) is 8.92. The molecular weight excluding hydrogens is 417 g/mol. The summed E-state index contributed by atoms with van der Waals surface area (Å²) in [6, 6.07) is 0. The summed E-state index contributed by atoms with van der Waals surface area (Å²) in [4.78, 5) is 11.6. The highest BCUT2D eigenvalue weighted by Gasteiger charge is 2.53. The lowest BCUT2D eigenvalue weighted by molar-refractivity contribution is 0.0767. The van der Waals surface area contributed by atoms with Gasteiger partial charge in [0, 0.05) is 50.4 Å². The van der Waals surface area contributed by atoms with Crippen LogP contribution in [0.25, 0.3) is 0 Å². The lowest BCUT2D eigenvalue weighted by Gasteiger charge is -2.23. The Morgan fingerprint density at radius 3 is 2.62 bits per heavy atom. The van der Waals surface area contributed by atoms with Crippen LogP contribution in [0.5, 0.6) is 0 Å². The molecule has 3 fully saturated rings. The number of halogens is 1. The van der Waals surface area contributed by atoms with E-state index in [-0.39, 0.29) is 24.0 Å². The maximum absolute atomic E-state index is 6.07.